The first-order chi connectivity index (χ1) is 9.35. The zero-order valence-electron chi connectivity index (χ0n) is 14.3. The molecule has 20 heavy (non-hydrogen) atoms. The fraction of sp³-hybridized carbons (Fsp3) is 1.00. The summed E-state index contributed by atoms with van der Waals surface area (Å²) in [5.74, 6) is 0. The van der Waals surface area contributed by atoms with E-state index in [2.05, 4.69) is 28.2 Å². The summed E-state index contributed by atoms with van der Waals surface area (Å²) in [6, 6.07) is 1.53. The van der Waals surface area contributed by atoms with Crippen molar-refractivity contribution in [2.75, 3.05) is 54.4 Å². The van der Waals surface area contributed by atoms with Crippen molar-refractivity contribution in [2.45, 2.75) is 50.6 Å². The third-order valence-corrected chi connectivity index (χ3v) is 5.37. The Morgan fingerprint density at radius 3 is 1.40 bits per heavy atom. The highest BCUT2D eigenvalue weighted by molar-refractivity contribution is 4.78. The van der Waals surface area contributed by atoms with Gasteiger partial charge < -0.3 is 20.4 Å². The standard InChI is InChI=1S/C16H38N4/c1-19(2,13-7-11-17)15-9-5-6-10-16(15)20(3,4)14-8-12-18/h15-16H,5-14,17-18H2,1-4H3/q+2. The van der Waals surface area contributed by atoms with E-state index in [-0.39, 0.29) is 0 Å². The molecule has 1 aliphatic carbocycles. The number of quaternary nitrogens is 2. The molecule has 0 heterocycles. The molecule has 1 aliphatic rings. The largest absolute Gasteiger partial charge is 0.330 e. The summed E-state index contributed by atoms with van der Waals surface area (Å²) in [6.07, 6.45) is 7.78. The molecule has 2 unspecified atom stereocenters. The molecular weight excluding hydrogens is 248 g/mol. The number of nitrogens with zero attached hydrogens (tertiary/aromatic N) is 2. The Labute approximate surface area is 126 Å². The Morgan fingerprint density at radius 2 is 1.10 bits per heavy atom. The van der Waals surface area contributed by atoms with Crippen molar-refractivity contribution in [1.29, 1.82) is 0 Å². The molecule has 1 rings (SSSR count). The van der Waals surface area contributed by atoms with Gasteiger partial charge in [0.1, 0.15) is 12.1 Å². The average Bonchev–Trinajstić information content (AvgIpc) is 2.43. The van der Waals surface area contributed by atoms with E-state index < -0.39 is 0 Å². The molecule has 0 aromatic rings. The molecule has 0 bridgehead atoms. The van der Waals surface area contributed by atoms with Crippen LogP contribution in [0.5, 0.6) is 0 Å². The predicted molar refractivity (Wildman–Crippen MR) is 87.3 cm³/mol. The van der Waals surface area contributed by atoms with Crippen molar-refractivity contribution in [3.63, 3.8) is 0 Å². The summed E-state index contributed by atoms with van der Waals surface area (Å²) in [7, 11) is 9.62. The number of rotatable bonds is 8. The molecule has 120 valence electrons. The molecule has 0 radical (unpaired) electrons. The fourth-order valence-electron chi connectivity index (χ4n) is 4.05. The lowest BCUT2D eigenvalue weighted by Crippen LogP contribution is -2.65. The second-order valence-corrected chi connectivity index (χ2v) is 7.71. The minimum Gasteiger partial charge on any atom is -0.330 e. The molecule has 2 atom stereocenters. The number of hydrogen-bond donors (Lipinski definition) is 2. The van der Waals surface area contributed by atoms with Crippen LogP contribution in [-0.4, -0.2) is 75.4 Å². The van der Waals surface area contributed by atoms with Gasteiger partial charge in [-0.25, -0.2) is 0 Å². The summed E-state index contributed by atoms with van der Waals surface area (Å²) in [5.41, 5.74) is 11.4. The van der Waals surface area contributed by atoms with Gasteiger partial charge in [-0.3, -0.25) is 0 Å². The van der Waals surface area contributed by atoms with E-state index in [1.54, 1.807) is 0 Å². The van der Waals surface area contributed by atoms with Gasteiger partial charge in [0.25, 0.3) is 0 Å². The Hall–Kier alpha value is -0.160. The van der Waals surface area contributed by atoms with Crippen molar-refractivity contribution in [2.24, 2.45) is 11.5 Å². The van der Waals surface area contributed by atoms with Gasteiger partial charge in [0, 0.05) is 25.7 Å². The maximum atomic E-state index is 5.72. The molecule has 0 aliphatic heterocycles. The van der Waals surface area contributed by atoms with E-state index in [4.69, 9.17) is 11.5 Å². The second-order valence-electron chi connectivity index (χ2n) is 7.71. The van der Waals surface area contributed by atoms with Crippen LogP contribution in [0.2, 0.25) is 0 Å². The average molecular weight is 287 g/mol. The van der Waals surface area contributed by atoms with Crippen LogP contribution in [-0.2, 0) is 0 Å². The van der Waals surface area contributed by atoms with Crippen LogP contribution >= 0.6 is 0 Å². The lowest BCUT2D eigenvalue weighted by molar-refractivity contribution is -0.984. The number of hydrogen-bond acceptors (Lipinski definition) is 2. The third kappa shape index (κ3) is 4.69. The van der Waals surface area contributed by atoms with Gasteiger partial charge in [-0.2, -0.15) is 0 Å². The van der Waals surface area contributed by atoms with E-state index in [1.165, 1.54) is 38.8 Å². The molecule has 1 fully saturated rings. The second kappa shape index (κ2) is 7.74. The monoisotopic (exact) mass is 286 g/mol. The maximum Gasteiger partial charge on any atom is 0.141 e. The Morgan fingerprint density at radius 1 is 0.750 bits per heavy atom. The van der Waals surface area contributed by atoms with Crippen molar-refractivity contribution in [1.82, 2.24) is 0 Å². The lowest BCUT2D eigenvalue weighted by atomic mass is 9.85. The summed E-state index contributed by atoms with van der Waals surface area (Å²) in [5, 5.41) is 0. The minimum atomic E-state index is 0.767. The van der Waals surface area contributed by atoms with Crippen LogP contribution in [0.1, 0.15) is 38.5 Å². The highest BCUT2D eigenvalue weighted by atomic mass is 15.4. The number of nitrogens with two attached hydrogens (primary N) is 2. The normalized spacial score (nSPS) is 24.9. The van der Waals surface area contributed by atoms with Crippen molar-refractivity contribution in [3.05, 3.63) is 0 Å². The van der Waals surface area contributed by atoms with Crippen LogP contribution in [0.15, 0.2) is 0 Å². The van der Waals surface area contributed by atoms with Gasteiger partial charge >= 0.3 is 0 Å². The topological polar surface area (TPSA) is 52.0 Å². The van der Waals surface area contributed by atoms with Crippen LogP contribution in [0.3, 0.4) is 0 Å². The van der Waals surface area contributed by atoms with E-state index in [0.717, 1.165) is 47.0 Å². The summed E-state index contributed by atoms with van der Waals surface area (Å²) >= 11 is 0. The molecule has 0 amide bonds. The van der Waals surface area contributed by atoms with E-state index >= 15 is 0 Å². The van der Waals surface area contributed by atoms with Crippen molar-refractivity contribution in [3.8, 4) is 0 Å². The van der Waals surface area contributed by atoms with Gasteiger partial charge in [-0.05, 0) is 25.9 Å². The predicted octanol–water partition coefficient (Wildman–Crippen LogP) is 1.15. The van der Waals surface area contributed by atoms with E-state index in [0.29, 0.717) is 0 Å². The van der Waals surface area contributed by atoms with Gasteiger partial charge in [0.2, 0.25) is 0 Å². The molecule has 1 saturated carbocycles. The Bertz CT molecular complexity index is 248. The summed E-state index contributed by atoms with van der Waals surface area (Å²) < 4.78 is 2.26. The summed E-state index contributed by atoms with van der Waals surface area (Å²) in [4.78, 5) is 0. The van der Waals surface area contributed by atoms with Crippen LogP contribution < -0.4 is 11.5 Å². The van der Waals surface area contributed by atoms with Gasteiger partial charge in [-0.1, -0.05) is 0 Å². The van der Waals surface area contributed by atoms with Crippen LogP contribution in [0, 0.1) is 0 Å². The van der Waals surface area contributed by atoms with Crippen LogP contribution in [0.25, 0.3) is 0 Å². The Kier molecular flexibility index (Phi) is 6.92. The van der Waals surface area contributed by atoms with Gasteiger partial charge in [0.05, 0.1) is 41.3 Å². The van der Waals surface area contributed by atoms with Crippen LogP contribution in [0.4, 0.5) is 0 Å². The maximum absolute atomic E-state index is 5.72. The quantitative estimate of drug-likeness (QED) is 0.658. The molecule has 0 saturated heterocycles. The molecule has 4 N–H and O–H groups in total. The molecule has 0 spiro atoms. The van der Waals surface area contributed by atoms with Crippen molar-refractivity contribution >= 4 is 0 Å². The Balaban J connectivity index is 2.79. The molecular formula is C16H38N4+2. The van der Waals surface area contributed by atoms with Gasteiger partial charge in [-0.15, -0.1) is 0 Å². The smallest absolute Gasteiger partial charge is 0.141 e. The minimum absolute atomic E-state index is 0.767. The van der Waals surface area contributed by atoms with Crippen molar-refractivity contribution < 1.29 is 8.97 Å². The highest BCUT2D eigenvalue weighted by Gasteiger charge is 2.45. The molecule has 0 aromatic carbocycles. The fourth-order valence-corrected chi connectivity index (χ4v) is 4.05. The lowest BCUT2D eigenvalue weighted by Gasteiger charge is -2.50. The van der Waals surface area contributed by atoms with E-state index in [9.17, 15) is 0 Å². The summed E-state index contributed by atoms with van der Waals surface area (Å²) in [6.45, 7) is 4.03. The van der Waals surface area contributed by atoms with Gasteiger partial charge in [0.15, 0.2) is 0 Å². The first kappa shape index (κ1) is 17.9. The molecule has 4 heteroatoms. The third-order valence-electron chi connectivity index (χ3n) is 5.37. The zero-order chi connectivity index (χ0) is 15.2. The molecule has 4 nitrogen and oxygen atoms in total. The zero-order valence-corrected chi connectivity index (χ0v) is 14.3. The first-order valence-corrected chi connectivity index (χ1v) is 8.40. The SMILES string of the molecule is C[N+](C)(CCCN)C1CCCCC1[N+](C)(C)CCCN. The van der Waals surface area contributed by atoms with E-state index in [1.807, 2.05) is 0 Å². The molecule has 0 aromatic heterocycles. The first-order valence-electron chi connectivity index (χ1n) is 8.40. The highest BCUT2D eigenvalue weighted by Crippen LogP contribution is 2.32. The number of likely N-dealkylation sites (N-methyl/N-ethyl adjacent to an activating group) is 2.